The second-order valence-electron chi connectivity index (χ2n) is 5.38. The fourth-order valence-electron chi connectivity index (χ4n) is 2.39. The van der Waals surface area contributed by atoms with Crippen molar-refractivity contribution in [2.24, 2.45) is 0 Å². The van der Waals surface area contributed by atoms with Gasteiger partial charge in [0.2, 0.25) is 0 Å². The number of fused-ring (bicyclic) bond motifs is 1. The molecular weight excluding hydrogens is 316 g/mol. The summed E-state index contributed by atoms with van der Waals surface area (Å²) in [5.41, 5.74) is 1.72. The third-order valence-corrected chi connectivity index (χ3v) is 3.51. The van der Waals surface area contributed by atoms with E-state index >= 15 is 0 Å². The topological polar surface area (TPSA) is 63.8 Å². The first-order valence-electron chi connectivity index (χ1n) is 7.13. The molecule has 0 aliphatic rings. The van der Waals surface area contributed by atoms with Crippen LogP contribution >= 0.6 is 11.6 Å². The van der Waals surface area contributed by atoms with E-state index in [9.17, 15) is 9.90 Å². The van der Waals surface area contributed by atoms with Gasteiger partial charge in [-0.1, -0.05) is 11.6 Å². The maximum Gasteiger partial charge on any atom is 0.355 e. The number of ether oxygens (including phenoxy) is 1. The van der Waals surface area contributed by atoms with Crippen LogP contribution in [0.3, 0.4) is 0 Å². The van der Waals surface area contributed by atoms with Crippen molar-refractivity contribution in [1.29, 1.82) is 0 Å². The van der Waals surface area contributed by atoms with Crippen molar-refractivity contribution >= 4 is 23.2 Å². The molecule has 23 heavy (non-hydrogen) atoms. The minimum absolute atomic E-state index is 0.0766. The van der Waals surface area contributed by atoms with E-state index in [1.807, 2.05) is 13.8 Å². The number of pyridine rings is 1. The van der Waals surface area contributed by atoms with Gasteiger partial charge < -0.3 is 9.84 Å². The molecule has 1 N–H and O–H groups in total. The Morgan fingerprint density at radius 1 is 1.22 bits per heavy atom. The van der Waals surface area contributed by atoms with E-state index in [0.29, 0.717) is 21.9 Å². The van der Waals surface area contributed by atoms with Crippen LogP contribution in [0.5, 0.6) is 5.75 Å². The average Bonchev–Trinajstić information content (AvgIpc) is 2.86. The molecule has 6 heteroatoms. The van der Waals surface area contributed by atoms with Gasteiger partial charge in [-0.25, -0.2) is 9.78 Å². The Morgan fingerprint density at radius 3 is 2.52 bits per heavy atom. The monoisotopic (exact) mass is 330 g/mol. The molecule has 0 bridgehead atoms. The summed E-state index contributed by atoms with van der Waals surface area (Å²) >= 11 is 5.96. The van der Waals surface area contributed by atoms with Crippen molar-refractivity contribution in [3.05, 3.63) is 53.3 Å². The molecule has 3 aromatic rings. The molecule has 0 saturated carbocycles. The van der Waals surface area contributed by atoms with Crippen LogP contribution in [0.4, 0.5) is 0 Å². The minimum Gasteiger partial charge on any atom is -0.491 e. The number of carboxylic acid groups (broad SMARTS) is 1. The number of benzene rings is 1. The van der Waals surface area contributed by atoms with Crippen LogP contribution in [0, 0.1) is 0 Å². The van der Waals surface area contributed by atoms with Crippen molar-refractivity contribution in [3.63, 3.8) is 0 Å². The summed E-state index contributed by atoms with van der Waals surface area (Å²) in [5.74, 6) is -0.329. The van der Waals surface area contributed by atoms with Gasteiger partial charge in [0.05, 0.1) is 11.1 Å². The molecule has 0 unspecified atom stereocenters. The number of aromatic nitrogens is 2. The molecule has 2 heterocycles. The molecule has 0 atom stereocenters. The van der Waals surface area contributed by atoms with Crippen LogP contribution in [0.2, 0.25) is 5.02 Å². The quantitative estimate of drug-likeness (QED) is 0.780. The number of rotatable bonds is 4. The third kappa shape index (κ3) is 3.00. The van der Waals surface area contributed by atoms with Gasteiger partial charge in [-0.15, -0.1) is 0 Å². The molecule has 118 valence electrons. The lowest BCUT2D eigenvalue weighted by molar-refractivity contribution is 0.0690. The molecular formula is C17H15ClN2O3. The highest BCUT2D eigenvalue weighted by Crippen LogP contribution is 2.27. The zero-order chi connectivity index (χ0) is 16.6. The fraction of sp³-hybridized carbons (Fsp3) is 0.176. The van der Waals surface area contributed by atoms with E-state index in [1.54, 1.807) is 42.6 Å². The SMILES string of the molecule is CC(C)Oc1ccc(-c2nc3ccc(Cl)cn3c2C(=O)O)cc1. The van der Waals surface area contributed by atoms with E-state index in [4.69, 9.17) is 16.3 Å². The molecule has 5 nitrogen and oxygen atoms in total. The molecule has 3 rings (SSSR count). The van der Waals surface area contributed by atoms with Gasteiger partial charge in [-0.3, -0.25) is 4.40 Å². The van der Waals surface area contributed by atoms with Crippen LogP contribution in [0.25, 0.3) is 16.9 Å². The fourth-order valence-corrected chi connectivity index (χ4v) is 2.55. The number of carbonyl (C=O) groups is 1. The summed E-state index contributed by atoms with van der Waals surface area (Å²) in [6.45, 7) is 3.89. The highest BCUT2D eigenvalue weighted by molar-refractivity contribution is 6.30. The van der Waals surface area contributed by atoms with Crippen molar-refractivity contribution in [3.8, 4) is 17.0 Å². The van der Waals surface area contributed by atoms with Crippen molar-refractivity contribution < 1.29 is 14.6 Å². The first-order chi connectivity index (χ1) is 11.0. The molecule has 0 radical (unpaired) electrons. The molecule has 0 saturated heterocycles. The normalized spacial score (nSPS) is 11.1. The first-order valence-corrected chi connectivity index (χ1v) is 7.51. The van der Waals surface area contributed by atoms with Gasteiger partial charge in [-0.2, -0.15) is 0 Å². The lowest BCUT2D eigenvalue weighted by Gasteiger charge is -2.09. The molecule has 2 aromatic heterocycles. The lowest BCUT2D eigenvalue weighted by atomic mass is 10.1. The van der Waals surface area contributed by atoms with Crippen LogP contribution < -0.4 is 4.74 Å². The maximum absolute atomic E-state index is 11.7. The van der Waals surface area contributed by atoms with Gasteiger partial charge >= 0.3 is 5.97 Å². The van der Waals surface area contributed by atoms with Gasteiger partial charge in [-0.05, 0) is 50.2 Å². The zero-order valence-electron chi connectivity index (χ0n) is 12.7. The summed E-state index contributed by atoms with van der Waals surface area (Å²) < 4.78 is 7.08. The van der Waals surface area contributed by atoms with E-state index in [2.05, 4.69) is 4.98 Å². The average molecular weight is 331 g/mol. The molecule has 0 aliphatic heterocycles. The van der Waals surface area contributed by atoms with E-state index in [1.165, 1.54) is 4.40 Å². The summed E-state index contributed by atoms with van der Waals surface area (Å²) in [6, 6.07) is 10.6. The lowest BCUT2D eigenvalue weighted by Crippen LogP contribution is -2.05. The number of carboxylic acids is 1. The Labute approximate surface area is 138 Å². The third-order valence-electron chi connectivity index (χ3n) is 3.28. The molecule has 0 fully saturated rings. The molecule has 0 aliphatic carbocycles. The largest absolute Gasteiger partial charge is 0.491 e. The van der Waals surface area contributed by atoms with Crippen LogP contribution in [0.15, 0.2) is 42.6 Å². The number of aromatic carboxylic acids is 1. The number of imidazole rings is 1. The maximum atomic E-state index is 11.7. The van der Waals surface area contributed by atoms with E-state index in [-0.39, 0.29) is 11.8 Å². The van der Waals surface area contributed by atoms with Gasteiger partial charge in [0.25, 0.3) is 0 Å². The Hall–Kier alpha value is -2.53. The van der Waals surface area contributed by atoms with Crippen LogP contribution in [-0.2, 0) is 0 Å². The molecule has 1 aromatic carbocycles. The standard InChI is InChI=1S/C17H15ClN2O3/c1-10(2)23-13-6-3-11(4-7-13)15-16(17(21)22)20-9-12(18)5-8-14(20)19-15/h3-10H,1-2H3,(H,21,22). The van der Waals surface area contributed by atoms with Crippen molar-refractivity contribution in [2.75, 3.05) is 0 Å². The van der Waals surface area contributed by atoms with Gasteiger partial charge in [0.1, 0.15) is 17.1 Å². The number of halogens is 1. The Morgan fingerprint density at radius 2 is 1.91 bits per heavy atom. The van der Waals surface area contributed by atoms with Crippen molar-refractivity contribution in [1.82, 2.24) is 9.38 Å². The number of hydrogen-bond acceptors (Lipinski definition) is 3. The Balaban J connectivity index is 2.12. The summed E-state index contributed by atoms with van der Waals surface area (Å²) in [7, 11) is 0. The zero-order valence-corrected chi connectivity index (χ0v) is 13.4. The predicted octanol–water partition coefficient (Wildman–Crippen LogP) is 4.14. The van der Waals surface area contributed by atoms with Crippen LogP contribution in [0.1, 0.15) is 24.3 Å². The van der Waals surface area contributed by atoms with Gasteiger partial charge in [0, 0.05) is 11.8 Å². The molecule has 0 spiro atoms. The summed E-state index contributed by atoms with van der Waals surface area (Å²) in [5, 5.41) is 10.00. The number of nitrogens with zero attached hydrogens (tertiary/aromatic N) is 2. The smallest absolute Gasteiger partial charge is 0.355 e. The highest BCUT2D eigenvalue weighted by atomic mass is 35.5. The summed E-state index contributed by atoms with van der Waals surface area (Å²) in [4.78, 5) is 16.1. The first kappa shape index (κ1) is 15.4. The highest BCUT2D eigenvalue weighted by Gasteiger charge is 2.20. The number of hydrogen-bond donors (Lipinski definition) is 1. The van der Waals surface area contributed by atoms with E-state index < -0.39 is 5.97 Å². The minimum atomic E-state index is -1.06. The summed E-state index contributed by atoms with van der Waals surface area (Å²) in [6.07, 6.45) is 1.63. The predicted molar refractivity (Wildman–Crippen MR) is 88.4 cm³/mol. The second-order valence-corrected chi connectivity index (χ2v) is 5.82. The van der Waals surface area contributed by atoms with Gasteiger partial charge in [0.15, 0.2) is 5.69 Å². The van der Waals surface area contributed by atoms with Crippen molar-refractivity contribution in [2.45, 2.75) is 20.0 Å². The second kappa shape index (κ2) is 5.93. The molecule has 0 amide bonds. The van der Waals surface area contributed by atoms with E-state index in [0.717, 1.165) is 5.75 Å². The van der Waals surface area contributed by atoms with Crippen LogP contribution in [-0.4, -0.2) is 26.6 Å². The Kier molecular flexibility index (Phi) is 3.96. The Bertz CT molecular complexity index is 869.